The molecule has 0 bridgehead atoms. The summed E-state index contributed by atoms with van der Waals surface area (Å²) in [6.45, 7) is 0. The molecule has 0 heterocycles. The summed E-state index contributed by atoms with van der Waals surface area (Å²) in [5.41, 5.74) is 3.36. The summed E-state index contributed by atoms with van der Waals surface area (Å²) in [4.78, 5) is 25.2. The zero-order chi connectivity index (χ0) is 23.6. The van der Waals surface area contributed by atoms with Crippen LogP contribution in [0.2, 0.25) is 0 Å². The molecule has 0 N–H and O–H groups in total. The largest absolute Gasteiger partial charge is 0.449 e. The quantitative estimate of drug-likeness (QED) is 0.238. The molecule has 4 nitrogen and oxygen atoms in total. The van der Waals surface area contributed by atoms with Gasteiger partial charge in [-0.05, 0) is 22.3 Å². The van der Waals surface area contributed by atoms with Crippen molar-refractivity contribution >= 4 is 11.9 Å². The second-order valence-electron chi connectivity index (χ2n) is 7.61. The van der Waals surface area contributed by atoms with Gasteiger partial charge in [0, 0.05) is 12.2 Å². The van der Waals surface area contributed by atoms with Crippen molar-refractivity contribution in [1.82, 2.24) is 0 Å². The fourth-order valence-corrected chi connectivity index (χ4v) is 3.62. The highest BCUT2D eigenvalue weighted by Crippen LogP contribution is 2.27. The molecule has 168 valence electrons. The van der Waals surface area contributed by atoms with Crippen LogP contribution in [0.4, 0.5) is 0 Å². The van der Waals surface area contributed by atoms with Gasteiger partial charge in [0.05, 0.1) is 0 Å². The molecule has 0 aliphatic rings. The van der Waals surface area contributed by atoms with Crippen LogP contribution in [-0.4, -0.2) is 11.9 Å². The van der Waals surface area contributed by atoms with E-state index in [-0.39, 0.29) is 0 Å². The van der Waals surface area contributed by atoms with Gasteiger partial charge in [-0.15, -0.1) is 0 Å². The SMILES string of the molecule is O=C(/C=C/C(=O)OC(c1ccccc1)c1ccccc1)OC(c1ccccc1)c1ccccc1. The Bertz CT molecular complexity index is 1040. The van der Waals surface area contributed by atoms with Crippen LogP contribution >= 0.6 is 0 Å². The van der Waals surface area contributed by atoms with Gasteiger partial charge in [0.2, 0.25) is 0 Å². The Morgan fingerprint density at radius 3 is 0.912 bits per heavy atom. The van der Waals surface area contributed by atoms with E-state index in [9.17, 15) is 9.59 Å². The van der Waals surface area contributed by atoms with Crippen molar-refractivity contribution in [3.63, 3.8) is 0 Å². The molecule has 0 aliphatic carbocycles. The summed E-state index contributed by atoms with van der Waals surface area (Å²) in [5.74, 6) is -1.27. The van der Waals surface area contributed by atoms with Gasteiger partial charge in [0.1, 0.15) is 0 Å². The van der Waals surface area contributed by atoms with Gasteiger partial charge in [0.25, 0.3) is 0 Å². The first-order valence-corrected chi connectivity index (χ1v) is 11.0. The van der Waals surface area contributed by atoms with Crippen molar-refractivity contribution in [2.24, 2.45) is 0 Å². The summed E-state index contributed by atoms with van der Waals surface area (Å²) in [5, 5.41) is 0. The highest BCUT2D eigenvalue weighted by molar-refractivity contribution is 5.92. The van der Waals surface area contributed by atoms with Crippen molar-refractivity contribution in [3.8, 4) is 0 Å². The summed E-state index contributed by atoms with van der Waals surface area (Å²) < 4.78 is 11.4. The molecule has 0 aromatic heterocycles. The Morgan fingerprint density at radius 1 is 0.441 bits per heavy atom. The number of esters is 2. The Labute approximate surface area is 199 Å². The highest BCUT2D eigenvalue weighted by Gasteiger charge is 2.20. The fraction of sp³-hybridized carbons (Fsp3) is 0.0667. The van der Waals surface area contributed by atoms with Crippen LogP contribution in [0, 0.1) is 0 Å². The van der Waals surface area contributed by atoms with Crippen molar-refractivity contribution in [3.05, 3.63) is 156 Å². The molecular weight excluding hydrogens is 424 g/mol. The minimum Gasteiger partial charge on any atom is -0.449 e. The maximum absolute atomic E-state index is 12.6. The smallest absolute Gasteiger partial charge is 0.331 e. The molecule has 0 amide bonds. The first kappa shape index (κ1) is 22.7. The standard InChI is InChI=1S/C30H24O4/c31-27(33-29(23-13-5-1-6-14-23)24-15-7-2-8-16-24)21-22-28(32)34-30(25-17-9-3-10-18-25)26-19-11-4-12-20-26/h1-22,29-30H/b22-21+. The van der Waals surface area contributed by atoms with Crippen LogP contribution in [-0.2, 0) is 19.1 Å². The Kier molecular flexibility index (Phi) is 7.65. The van der Waals surface area contributed by atoms with E-state index in [1.54, 1.807) is 0 Å². The lowest BCUT2D eigenvalue weighted by atomic mass is 10.0. The number of ether oxygens (including phenoxy) is 2. The molecule has 4 aromatic carbocycles. The van der Waals surface area contributed by atoms with E-state index < -0.39 is 24.1 Å². The molecule has 0 radical (unpaired) electrons. The zero-order valence-corrected chi connectivity index (χ0v) is 18.5. The lowest BCUT2D eigenvalue weighted by molar-refractivity contribution is -0.144. The van der Waals surface area contributed by atoms with Crippen LogP contribution in [0.15, 0.2) is 133 Å². The summed E-state index contributed by atoms with van der Waals surface area (Å²) in [7, 11) is 0. The number of carbonyl (C=O) groups is 2. The van der Waals surface area contributed by atoms with Gasteiger partial charge >= 0.3 is 11.9 Å². The van der Waals surface area contributed by atoms with Crippen molar-refractivity contribution in [2.45, 2.75) is 12.2 Å². The predicted octanol–water partition coefficient (Wildman–Crippen LogP) is 6.21. The topological polar surface area (TPSA) is 52.6 Å². The molecule has 0 aliphatic heterocycles. The van der Waals surface area contributed by atoms with Crippen molar-refractivity contribution in [2.75, 3.05) is 0 Å². The van der Waals surface area contributed by atoms with E-state index in [0.717, 1.165) is 34.4 Å². The molecule has 0 fully saturated rings. The first-order chi connectivity index (χ1) is 16.7. The Balaban J connectivity index is 1.47. The van der Waals surface area contributed by atoms with E-state index in [1.165, 1.54) is 0 Å². The molecule has 0 unspecified atom stereocenters. The molecule has 4 aromatic rings. The van der Waals surface area contributed by atoms with Gasteiger partial charge in [-0.3, -0.25) is 0 Å². The molecule has 0 spiro atoms. The number of rotatable bonds is 8. The van der Waals surface area contributed by atoms with Gasteiger partial charge in [-0.25, -0.2) is 9.59 Å². The number of hydrogen-bond donors (Lipinski definition) is 0. The van der Waals surface area contributed by atoms with E-state index in [4.69, 9.17) is 9.47 Å². The maximum atomic E-state index is 12.6. The number of benzene rings is 4. The zero-order valence-electron chi connectivity index (χ0n) is 18.5. The van der Waals surface area contributed by atoms with Crippen LogP contribution in [0.1, 0.15) is 34.5 Å². The van der Waals surface area contributed by atoms with Gasteiger partial charge in [0.15, 0.2) is 12.2 Å². The molecule has 34 heavy (non-hydrogen) atoms. The lowest BCUT2D eigenvalue weighted by Crippen LogP contribution is -2.13. The Morgan fingerprint density at radius 2 is 0.676 bits per heavy atom. The predicted molar refractivity (Wildman–Crippen MR) is 131 cm³/mol. The molecule has 0 saturated heterocycles. The number of carbonyl (C=O) groups excluding carboxylic acids is 2. The van der Waals surface area contributed by atoms with Crippen LogP contribution in [0.25, 0.3) is 0 Å². The average Bonchev–Trinajstić information content (AvgIpc) is 2.91. The molecule has 4 heteroatoms. The second-order valence-corrected chi connectivity index (χ2v) is 7.61. The summed E-state index contributed by atoms with van der Waals surface area (Å²) in [6, 6.07) is 37.9. The third-order valence-corrected chi connectivity index (χ3v) is 5.23. The fourth-order valence-electron chi connectivity index (χ4n) is 3.62. The number of hydrogen-bond acceptors (Lipinski definition) is 4. The summed E-state index contributed by atoms with van der Waals surface area (Å²) >= 11 is 0. The average molecular weight is 449 g/mol. The third-order valence-electron chi connectivity index (χ3n) is 5.23. The Hall–Kier alpha value is -4.44. The lowest BCUT2D eigenvalue weighted by Gasteiger charge is -2.18. The van der Waals surface area contributed by atoms with Gasteiger partial charge in [-0.1, -0.05) is 121 Å². The van der Waals surface area contributed by atoms with E-state index >= 15 is 0 Å². The van der Waals surface area contributed by atoms with Crippen molar-refractivity contribution < 1.29 is 19.1 Å². The summed E-state index contributed by atoms with van der Waals surface area (Å²) in [6.07, 6.45) is 1.04. The van der Waals surface area contributed by atoms with Gasteiger partial charge in [-0.2, -0.15) is 0 Å². The van der Waals surface area contributed by atoms with E-state index in [1.807, 2.05) is 121 Å². The van der Waals surface area contributed by atoms with Crippen LogP contribution in [0.5, 0.6) is 0 Å². The second kappa shape index (κ2) is 11.4. The first-order valence-electron chi connectivity index (χ1n) is 11.0. The minimum absolute atomic E-state index is 0.586. The maximum Gasteiger partial charge on any atom is 0.331 e. The van der Waals surface area contributed by atoms with Crippen LogP contribution in [0.3, 0.4) is 0 Å². The molecule has 0 atom stereocenters. The van der Waals surface area contributed by atoms with Crippen LogP contribution < -0.4 is 0 Å². The highest BCUT2D eigenvalue weighted by atomic mass is 16.5. The third kappa shape index (κ3) is 6.08. The van der Waals surface area contributed by atoms with E-state index in [2.05, 4.69) is 0 Å². The van der Waals surface area contributed by atoms with Crippen molar-refractivity contribution in [1.29, 1.82) is 0 Å². The molecule has 0 saturated carbocycles. The molecular formula is C30H24O4. The molecule has 4 rings (SSSR count). The normalized spacial score (nSPS) is 11.0. The van der Waals surface area contributed by atoms with E-state index in [0.29, 0.717) is 0 Å². The minimum atomic E-state index is -0.634. The monoisotopic (exact) mass is 448 g/mol. The van der Waals surface area contributed by atoms with Gasteiger partial charge < -0.3 is 9.47 Å².